The first kappa shape index (κ1) is 16.8. The monoisotopic (exact) mass is 279 g/mol. The fourth-order valence-corrected chi connectivity index (χ4v) is 2.93. The molecule has 1 rings (SSSR count). The molecule has 114 valence electrons. The topological polar surface area (TPSA) is 3.24 Å². The van der Waals surface area contributed by atoms with Gasteiger partial charge in [0.1, 0.15) is 6.04 Å². The van der Waals surface area contributed by atoms with Crippen LogP contribution in [0.25, 0.3) is 0 Å². The maximum atomic E-state index is 13.3. The number of rotatable bonds is 7. The first-order valence-electron chi connectivity index (χ1n) is 7.45. The molecule has 0 aromatic heterocycles. The van der Waals surface area contributed by atoms with Crippen LogP contribution in [0.4, 0.5) is 13.2 Å². The first-order chi connectivity index (χ1) is 8.62. The van der Waals surface area contributed by atoms with Gasteiger partial charge in [-0.2, -0.15) is 13.2 Å². The lowest BCUT2D eigenvalue weighted by molar-refractivity contribution is -0.201. The molecular weight excluding hydrogens is 251 g/mol. The molecule has 0 radical (unpaired) electrons. The summed E-state index contributed by atoms with van der Waals surface area (Å²) in [5, 5.41) is 0. The Morgan fingerprint density at radius 2 is 1.58 bits per heavy atom. The first-order valence-corrected chi connectivity index (χ1v) is 7.45. The third kappa shape index (κ3) is 5.33. The minimum atomic E-state index is -4.13. The van der Waals surface area contributed by atoms with Crippen molar-refractivity contribution in [2.45, 2.75) is 72.1 Å². The normalized spacial score (nSPS) is 20.4. The van der Waals surface area contributed by atoms with Gasteiger partial charge in [-0.3, -0.25) is 4.90 Å². The van der Waals surface area contributed by atoms with E-state index in [1.807, 2.05) is 6.92 Å². The number of halogens is 3. The molecule has 0 saturated heterocycles. The molecule has 1 nitrogen and oxygen atoms in total. The number of hydrogen-bond donors (Lipinski definition) is 0. The molecule has 0 aromatic rings. The van der Waals surface area contributed by atoms with Gasteiger partial charge in [-0.05, 0) is 43.9 Å². The zero-order valence-electron chi connectivity index (χ0n) is 12.8. The highest BCUT2D eigenvalue weighted by atomic mass is 19.4. The van der Waals surface area contributed by atoms with Crippen LogP contribution in [0, 0.1) is 17.8 Å². The third-order valence-electron chi connectivity index (χ3n) is 3.87. The van der Waals surface area contributed by atoms with Crippen molar-refractivity contribution in [3.05, 3.63) is 0 Å². The van der Waals surface area contributed by atoms with Crippen LogP contribution in [0.1, 0.15) is 53.9 Å². The van der Waals surface area contributed by atoms with E-state index >= 15 is 0 Å². The zero-order valence-corrected chi connectivity index (χ0v) is 12.8. The highest BCUT2D eigenvalue weighted by molar-refractivity contribution is 4.89. The SMILES string of the molecule is CC(C)C[C@H](C)N(CC1CC1)[C@@H](C(C)C)C(F)(F)F. The van der Waals surface area contributed by atoms with Crippen LogP contribution in [-0.2, 0) is 0 Å². The largest absolute Gasteiger partial charge is 0.404 e. The smallest absolute Gasteiger partial charge is 0.289 e. The Morgan fingerprint density at radius 1 is 1.05 bits per heavy atom. The molecule has 0 aliphatic heterocycles. The second-order valence-corrected chi connectivity index (χ2v) is 6.85. The van der Waals surface area contributed by atoms with Gasteiger partial charge in [0.05, 0.1) is 0 Å². The average molecular weight is 279 g/mol. The van der Waals surface area contributed by atoms with Crippen LogP contribution < -0.4 is 0 Å². The van der Waals surface area contributed by atoms with Gasteiger partial charge in [-0.1, -0.05) is 27.7 Å². The molecule has 1 saturated carbocycles. The molecule has 1 aliphatic carbocycles. The van der Waals surface area contributed by atoms with Gasteiger partial charge in [0, 0.05) is 12.6 Å². The van der Waals surface area contributed by atoms with Crippen molar-refractivity contribution < 1.29 is 13.2 Å². The van der Waals surface area contributed by atoms with Crippen LogP contribution in [0.5, 0.6) is 0 Å². The predicted octanol–water partition coefficient (Wildman–Crippen LogP) is 4.72. The van der Waals surface area contributed by atoms with Gasteiger partial charge in [0.25, 0.3) is 0 Å². The van der Waals surface area contributed by atoms with Crippen LogP contribution in [0.15, 0.2) is 0 Å². The molecular formula is C15H28F3N. The van der Waals surface area contributed by atoms with Gasteiger partial charge in [-0.25, -0.2) is 0 Å². The summed E-state index contributed by atoms with van der Waals surface area (Å²) in [6.45, 7) is 10.1. The van der Waals surface area contributed by atoms with Crippen LogP contribution in [0.2, 0.25) is 0 Å². The molecule has 2 atom stereocenters. The Bertz CT molecular complexity index is 269. The summed E-state index contributed by atoms with van der Waals surface area (Å²) >= 11 is 0. The Labute approximate surface area is 115 Å². The van der Waals surface area contributed by atoms with Crippen molar-refractivity contribution in [3.8, 4) is 0 Å². The molecule has 0 spiro atoms. The summed E-state index contributed by atoms with van der Waals surface area (Å²) in [5.74, 6) is 0.518. The van der Waals surface area contributed by atoms with Crippen molar-refractivity contribution in [3.63, 3.8) is 0 Å². The number of hydrogen-bond acceptors (Lipinski definition) is 1. The zero-order chi connectivity index (χ0) is 14.8. The quantitative estimate of drug-likeness (QED) is 0.652. The molecule has 19 heavy (non-hydrogen) atoms. The highest BCUT2D eigenvalue weighted by Crippen LogP contribution is 2.37. The fraction of sp³-hybridized carbons (Fsp3) is 1.00. The molecule has 0 bridgehead atoms. The number of nitrogens with zero attached hydrogens (tertiary/aromatic N) is 1. The van der Waals surface area contributed by atoms with E-state index < -0.39 is 18.1 Å². The van der Waals surface area contributed by atoms with Gasteiger partial charge < -0.3 is 0 Å². The maximum Gasteiger partial charge on any atom is 0.404 e. The lowest BCUT2D eigenvalue weighted by atomic mass is 9.96. The van der Waals surface area contributed by atoms with E-state index in [1.165, 1.54) is 0 Å². The molecule has 0 unspecified atom stereocenters. The lowest BCUT2D eigenvalue weighted by Gasteiger charge is -2.40. The summed E-state index contributed by atoms with van der Waals surface area (Å²) < 4.78 is 40.0. The molecule has 0 N–H and O–H groups in total. The summed E-state index contributed by atoms with van der Waals surface area (Å²) in [5.41, 5.74) is 0. The Hall–Kier alpha value is -0.250. The average Bonchev–Trinajstić information content (AvgIpc) is 2.96. The predicted molar refractivity (Wildman–Crippen MR) is 73.0 cm³/mol. The Morgan fingerprint density at radius 3 is 1.89 bits per heavy atom. The second kappa shape index (κ2) is 6.47. The summed E-state index contributed by atoms with van der Waals surface area (Å²) in [4.78, 5) is 1.72. The van der Waals surface area contributed by atoms with Crippen LogP contribution in [0.3, 0.4) is 0 Å². The van der Waals surface area contributed by atoms with Gasteiger partial charge in [0.2, 0.25) is 0 Å². The van der Waals surface area contributed by atoms with Gasteiger partial charge >= 0.3 is 6.18 Å². The minimum absolute atomic E-state index is 0.00498. The van der Waals surface area contributed by atoms with E-state index in [4.69, 9.17) is 0 Å². The molecule has 1 aliphatic rings. The molecule has 0 heterocycles. The lowest BCUT2D eigenvalue weighted by Crippen LogP contribution is -2.53. The van der Waals surface area contributed by atoms with Crippen molar-refractivity contribution in [2.24, 2.45) is 17.8 Å². The molecule has 0 amide bonds. The van der Waals surface area contributed by atoms with E-state index in [0.717, 1.165) is 19.3 Å². The molecule has 0 aromatic carbocycles. The van der Waals surface area contributed by atoms with Crippen LogP contribution >= 0.6 is 0 Å². The van der Waals surface area contributed by atoms with Crippen molar-refractivity contribution >= 4 is 0 Å². The summed E-state index contributed by atoms with van der Waals surface area (Å²) in [6.07, 6.45) is -1.12. The minimum Gasteiger partial charge on any atom is -0.289 e. The van der Waals surface area contributed by atoms with Crippen molar-refractivity contribution in [1.82, 2.24) is 4.90 Å². The van der Waals surface area contributed by atoms with E-state index in [1.54, 1.807) is 18.7 Å². The van der Waals surface area contributed by atoms with Crippen molar-refractivity contribution in [2.75, 3.05) is 6.54 Å². The highest BCUT2D eigenvalue weighted by Gasteiger charge is 2.47. The summed E-state index contributed by atoms with van der Waals surface area (Å²) in [7, 11) is 0. The van der Waals surface area contributed by atoms with Gasteiger partial charge in [0.15, 0.2) is 0 Å². The molecule has 1 fully saturated rings. The van der Waals surface area contributed by atoms with E-state index in [0.29, 0.717) is 18.4 Å². The van der Waals surface area contributed by atoms with E-state index in [2.05, 4.69) is 13.8 Å². The van der Waals surface area contributed by atoms with Gasteiger partial charge in [-0.15, -0.1) is 0 Å². The second-order valence-electron chi connectivity index (χ2n) is 6.85. The summed E-state index contributed by atoms with van der Waals surface area (Å²) in [6, 6.07) is -1.31. The van der Waals surface area contributed by atoms with Crippen molar-refractivity contribution in [1.29, 1.82) is 0 Å². The Balaban J connectivity index is 2.85. The number of alkyl halides is 3. The molecule has 4 heteroatoms. The maximum absolute atomic E-state index is 13.3. The van der Waals surface area contributed by atoms with Crippen LogP contribution in [-0.4, -0.2) is 29.7 Å². The Kier molecular flexibility index (Phi) is 5.72. The van der Waals surface area contributed by atoms with E-state index in [9.17, 15) is 13.2 Å². The third-order valence-corrected chi connectivity index (χ3v) is 3.87. The fourth-order valence-electron chi connectivity index (χ4n) is 2.93. The van der Waals surface area contributed by atoms with E-state index in [-0.39, 0.29) is 6.04 Å². The standard InChI is InChI=1S/C15H28F3N/c1-10(2)8-12(5)19(9-13-6-7-13)14(11(3)4)15(16,17)18/h10-14H,6-9H2,1-5H3/t12-,14-/m0/s1.